The van der Waals surface area contributed by atoms with E-state index in [1.165, 1.54) is 4.90 Å². The Hall–Kier alpha value is -1.79. The number of likely N-dealkylation sites (N-methyl/N-ethyl adjacent to an activating group) is 1. The van der Waals surface area contributed by atoms with E-state index in [9.17, 15) is 14.4 Å². The van der Waals surface area contributed by atoms with Crippen LogP contribution in [0.3, 0.4) is 0 Å². The maximum atomic E-state index is 12.5. The highest BCUT2D eigenvalue weighted by Crippen LogP contribution is 2.21. The quantitative estimate of drug-likeness (QED) is 0.748. The normalized spacial score (nSPS) is 18.2. The van der Waals surface area contributed by atoms with E-state index >= 15 is 0 Å². The first-order valence-corrected chi connectivity index (χ1v) is 7.42. The summed E-state index contributed by atoms with van der Waals surface area (Å²) in [4.78, 5) is 37.9. The molecule has 21 heavy (non-hydrogen) atoms. The largest absolute Gasteiger partial charge is 0.481 e. The number of carboxylic acids is 1. The maximum absolute atomic E-state index is 12.5. The van der Waals surface area contributed by atoms with Crippen molar-refractivity contribution in [1.82, 2.24) is 9.80 Å². The van der Waals surface area contributed by atoms with Gasteiger partial charge in [-0.2, -0.15) is 0 Å². The van der Waals surface area contributed by atoms with Crippen LogP contribution in [0.5, 0.6) is 0 Å². The molecule has 1 atom stereocenters. The lowest BCUT2D eigenvalue weighted by Crippen LogP contribution is -2.52. The van der Waals surface area contributed by atoms with E-state index in [2.05, 4.69) is 0 Å². The number of likely N-dealkylation sites (tertiary alicyclic amines) is 1. The molecule has 1 N–H and O–H groups in total. The molecule has 0 spiro atoms. The molecule has 2 amide bonds. The number of piperidine rings is 1. The van der Waals surface area contributed by atoms with Gasteiger partial charge in [0.1, 0.15) is 6.54 Å². The Balaban J connectivity index is 2.71. The average molecular weight is 300 g/mol. The zero-order valence-electron chi connectivity index (χ0n) is 12.7. The number of hydrogen-bond acceptors (Lipinski definition) is 4. The predicted octanol–water partition coefficient (Wildman–Crippen LogP) is 1.32. The fraction of sp³-hybridized carbons (Fsp3) is 0.786. The van der Waals surface area contributed by atoms with Gasteiger partial charge >= 0.3 is 18.0 Å². The van der Waals surface area contributed by atoms with E-state index in [-0.39, 0.29) is 31.6 Å². The van der Waals surface area contributed by atoms with E-state index in [4.69, 9.17) is 9.84 Å². The molecule has 7 heteroatoms. The zero-order valence-corrected chi connectivity index (χ0v) is 12.7. The van der Waals surface area contributed by atoms with E-state index in [1.54, 1.807) is 18.7 Å². The fourth-order valence-electron chi connectivity index (χ4n) is 2.52. The molecule has 0 radical (unpaired) electrons. The summed E-state index contributed by atoms with van der Waals surface area (Å²) in [5, 5.41) is 8.95. The summed E-state index contributed by atoms with van der Waals surface area (Å²) in [6.45, 7) is 4.59. The van der Waals surface area contributed by atoms with Crippen LogP contribution >= 0.6 is 0 Å². The van der Waals surface area contributed by atoms with Crippen LogP contribution in [0.2, 0.25) is 0 Å². The molecule has 0 bridgehead atoms. The van der Waals surface area contributed by atoms with Crippen molar-refractivity contribution in [3.8, 4) is 0 Å². The first-order valence-electron chi connectivity index (χ1n) is 7.42. The highest BCUT2D eigenvalue weighted by molar-refractivity contribution is 5.81. The summed E-state index contributed by atoms with van der Waals surface area (Å²) in [6.07, 6.45) is 2.42. The highest BCUT2D eigenvalue weighted by Gasteiger charge is 2.31. The van der Waals surface area contributed by atoms with Crippen molar-refractivity contribution in [3.05, 3.63) is 0 Å². The topological polar surface area (TPSA) is 87.2 Å². The van der Waals surface area contributed by atoms with Gasteiger partial charge in [-0.1, -0.05) is 0 Å². The minimum atomic E-state index is -0.909. The standard InChI is InChI=1S/C14H24N2O5/c1-3-15(10-13(19)21-4-2)14(20)16-8-6-5-7-11(16)9-12(17)18/h11H,3-10H2,1-2H3,(H,17,18). The lowest BCUT2D eigenvalue weighted by atomic mass is 10.00. The molecule has 0 aromatic carbocycles. The molecule has 0 aliphatic carbocycles. The Bertz CT molecular complexity index is 386. The molecule has 1 heterocycles. The van der Waals surface area contributed by atoms with E-state index in [1.807, 2.05) is 0 Å². The van der Waals surface area contributed by atoms with Gasteiger partial charge in [-0.25, -0.2) is 4.79 Å². The van der Waals surface area contributed by atoms with Crippen LogP contribution in [0, 0.1) is 0 Å². The number of carbonyl (C=O) groups excluding carboxylic acids is 2. The molecule has 1 saturated heterocycles. The van der Waals surface area contributed by atoms with Crippen LogP contribution in [-0.2, 0) is 14.3 Å². The minimum Gasteiger partial charge on any atom is -0.481 e. The minimum absolute atomic E-state index is 0.0529. The first-order chi connectivity index (χ1) is 9.99. The van der Waals surface area contributed by atoms with Gasteiger partial charge in [0.05, 0.1) is 13.0 Å². The molecule has 1 rings (SSSR count). The van der Waals surface area contributed by atoms with Gasteiger partial charge in [0.25, 0.3) is 0 Å². The summed E-state index contributed by atoms with van der Waals surface area (Å²) in [6, 6.07) is -0.573. The van der Waals surface area contributed by atoms with Crippen molar-refractivity contribution in [3.63, 3.8) is 0 Å². The van der Waals surface area contributed by atoms with Crippen LogP contribution in [0.4, 0.5) is 4.79 Å². The second kappa shape index (κ2) is 8.49. The lowest BCUT2D eigenvalue weighted by molar-refractivity contribution is -0.144. The van der Waals surface area contributed by atoms with Crippen molar-refractivity contribution in [1.29, 1.82) is 0 Å². The molecule has 1 aliphatic heterocycles. The summed E-state index contributed by atoms with van der Waals surface area (Å²) < 4.78 is 4.86. The van der Waals surface area contributed by atoms with Crippen molar-refractivity contribution in [2.24, 2.45) is 0 Å². The van der Waals surface area contributed by atoms with Crippen molar-refractivity contribution >= 4 is 18.0 Å². The fourth-order valence-corrected chi connectivity index (χ4v) is 2.52. The number of amides is 2. The van der Waals surface area contributed by atoms with Crippen LogP contribution in [0.15, 0.2) is 0 Å². The molecule has 1 unspecified atom stereocenters. The number of carbonyl (C=O) groups is 3. The first kappa shape index (κ1) is 17.3. The zero-order chi connectivity index (χ0) is 15.8. The lowest BCUT2D eigenvalue weighted by Gasteiger charge is -2.38. The molecule has 1 aliphatic rings. The number of rotatable bonds is 6. The van der Waals surface area contributed by atoms with E-state index in [0.29, 0.717) is 19.5 Å². The Morgan fingerprint density at radius 2 is 2.00 bits per heavy atom. The summed E-state index contributed by atoms with van der Waals surface area (Å²) in [7, 11) is 0. The number of ether oxygens (including phenoxy) is 1. The van der Waals surface area contributed by atoms with Gasteiger partial charge < -0.3 is 19.6 Å². The van der Waals surface area contributed by atoms with Crippen molar-refractivity contribution < 1.29 is 24.2 Å². The monoisotopic (exact) mass is 300 g/mol. The predicted molar refractivity (Wildman–Crippen MR) is 75.9 cm³/mol. The van der Waals surface area contributed by atoms with E-state index in [0.717, 1.165) is 12.8 Å². The second-order valence-electron chi connectivity index (χ2n) is 5.04. The average Bonchev–Trinajstić information content (AvgIpc) is 2.44. The van der Waals surface area contributed by atoms with Gasteiger partial charge in [-0.15, -0.1) is 0 Å². The summed E-state index contributed by atoms with van der Waals surface area (Å²) in [5.41, 5.74) is 0. The van der Waals surface area contributed by atoms with Crippen LogP contribution in [-0.4, -0.2) is 65.2 Å². The number of hydrogen-bond donors (Lipinski definition) is 1. The Morgan fingerprint density at radius 3 is 2.57 bits per heavy atom. The maximum Gasteiger partial charge on any atom is 0.325 e. The van der Waals surface area contributed by atoms with Gasteiger partial charge in [0.15, 0.2) is 0 Å². The second-order valence-corrected chi connectivity index (χ2v) is 5.04. The number of urea groups is 1. The smallest absolute Gasteiger partial charge is 0.325 e. The third-order valence-corrected chi connectivity index (χ3v) is 3.56. The van der Waals surface area contributed by atoms with Crippen molar-refractivity contribution in [2.75, 3.05) is 26.2 Å². The SMILES string of the molecule is CCOC(=O)CN(CC)C(=O)N1CCCCC1CC(=O)O. The van der Waals surface area contributed by atoms with Crippen LogP contribution < -0.4 is 0 Å². The third kappa shape index (κ3) is 5.24. The molecule has 0 aromatic heterocycles. The highest BCUT2D eigenvalue weighted by atomic mass is 16.5. The Kier molecular flexibility index (Phi) is 6.98. The van der Waals surface area contributed by atoms with Gasteiger partial charge in [-0.05, 0) is 33.1 Å². The molecular weight excluding hydrogens is 276 g/mol. The number of esters is 1. The molecular formula is C14H24N2O5. The molecule has 1 fully saturated rings. The number of carboxylic acid groups (broad SMARTS) is 1. The summed E-state index contributed by atoms with van der Waals surface area (Å²) in [5.74, 6) is -1.35. The van der Waals surface area contributed by atoms with Crippen LogP contribution in [0.1, 0.15) is 39.5 Å². The third-order valence-electron chi connectivity index (χ3n) is 3.56. The van der Waals surface area contributed by atoms with Gasteiger partial charge in [0.2, 0.25) is 0 Å². The van der Waals surface area contributed by atoms with Crippen molar-refractivity contribution in [2.45, 2.75) is 45.6 Å². The Morgan fingerprint density at radius 1 is 1.29 bits per heavy atom. The summed E-state index contributed by atoms with van der Waals surface area (Å²) >= 11 is 0. The van der Waals surface area contributed by atoms with Gasteiger partial charge in [-0.3, -0.25) is 9.59 Å². The van der Waals surface area contributed by atoms with E-state index < -0.39 is 11.9 Å². The molecule has 120 valence electrons. The molecule has 7 nitrogen and oxygen atoms in total. The van der Waals surface area contributed by atoms with Crippen LogP contribution in [0.25, 0.3) is 0 Å². The molecule has 0 saturated carbocycles. The number of nitrogens with zero attached hydrogens (tertiary/aromatic N) is 2. The molecule has 0 aromatic rings. The van der Waals surface area contributed by atoms with Gasteiger partial charge in [0, 0.05) is 19.1 Å². The Labute approximate surface area is 124 Å². The number of aliphatic carboxylic acids is 1.